The molecule has 0 radical (unpaired) electrons. The minimum Gasteiger partial charge on any atom is -0.463 e. The molecule has 2 rings (SSSR count). The predicted octanol–water partition coefficient (Wildman–Crippen LogP) is -0.337. The van der Waals surface area contributed by atoms with E-state index >= 15 is 0 Å². The number of piperidine rings is 1. The highest BCUT2D eigenvalue weighted by molar-refractivity contribution is 5.70. The molecule has 0 unspecified atom stereocenters. The highest BCUT2D eigenvalue weighted by Gasteiger charge is 2.54. The number of aliphatic hydroxyl groups is 1. The van der Waals surface area contributed by atoms with Gasteiger partial charge in [-0.25, -0.2) is 4.79 Å². The molecule has 0 bridgehead atoms. The normalized spacial score (nSPS) is 27.8. The fourth-order valence-corrected chi connectivity index (χ4v) is 3.51. The van der Waals surface area contributed by atoms with Crippen LogP contribution in [0.3, 0.4) is 0 Å². The van der Waals surface area contributed by atoms with Crippen molar-refractivity contribution in [1.82, 2.24) is 4.90 Å². The van der Waals surface area contributed by atoms with Gasteiger partial charge in [0.15, 0.2) is 12.2 Å². The number of hydrogen-bond donors (Lipinski definition) is 1. The zero-order chi connectivity index (χ0) is 24.7. The second-order valence-corrected chi connectivity index (χ2v) is 7.67. The third kappa shape index (κ3) is 7.86. The highest BCUT2D eigenvalue weighted by Crippen LogP contribution is 2.30. The van der Waals surface area contributed by atoms with Gasteiger partial charge < -0.3 is 38.4 Å². The number of hydrogen-bond acceptors (Lipinski definition) is 12. The summed E-state index contributed by atoms with van der Waals surface area (Å²) in [5.74, 6) is -3.02. The zero-order valence-electron chi connectivity index (χ0n) is 18.9. The van der Waals surface area contributed by atoms with Gasteiger partial charge >= 0.3 is 30.0 Å². The Hall–Kier alpha value is -2.93. The fraction of sp³-hybridized carbons (Fsp3) is 0.750. The molecule has 33 heavy (non-hydrogen) atoms. The van der Waals surface area contributed by atoms with E-state index in [1.807, 2.05) is 0 Å². The molecule has 0 saturated carbocycles. The Labute approximate surface area is 190 Å². The fourth-order valence-electron chi connectivity index (χ4n) is 3.51. The first kappa shape index (κ1) is 26.3. The van der Waals surface area contributed by atoms with Crippen molar-refractivity contribution in [2.24, 2.45) is 0 Å². The maximum Gasteiger partial charge on any atom is 0.412 e. The van der Waals surface area contributed by atoms with Gasteiger partial charge in [-0.05, 0) is 12.8 Å². The SMILES string of the molecule is CC(=O)OC[C@H]1O[C@@H](OC(=O)N2CCC(O)CC2)[C@H](OC(C)=O)[C@@H](OC(C)=O)[C@H]1OC(C)=O. The van der Waals surface area contributed by atoms with E-state index in [2.05, 4.69) is 0 Å². The van der Waals surface area contributed by atoms with Gasteiger partial charge in [-0.2, -0.15) is 0 Å². The van der Waals surface area contributed by atoms with E-state index in [9.17, 15) is 29.1 Å². The molecule has 0 spiro atoms. The Morgan fingerprint density at radius 1 is 0.788 bits per heavy atom. The minimum atomic E-state index is -1.58. The molecule has 2 fully saturated rings. The van der Waals surface area contributed by atoms with E-state index in [1.165, 1.54) is 4.90 Å². The van der Waals surface area contributed by atoms with Crippen molar-refractivity contribution in [2.75, 3.05) is 19.7 Å². The van der Waals surface area contributed by atoms with Crippen LogP contribution >= 0.6 is 0 Å². The van der Waals surface area contributed by atoms with Gasteiger partial charge in [-0.1, -0.05) is 0 Å². The third-order valence-electron chi connectivity index (χ3n) is 4.89. The lowest BCUT2D eigenvalue weighted by molar-refractivity contribution is -0.296. The van der Waals surface area contributed by atoms with Crippen LogP contribution in [0.15, 0.2) is 0 Å². The zero-order valence-corrected chi connectivity index (χ0v) is 18.9. The summed E-state index contributed by atoms with van der Waals surface area (Å²) in [4.78, 5) is 60.6. The van der Waals surface area contributed by atoms with E-state index in [-0.39, 0.29) is 13.1 Å². The van der Waals surface area contributed by atoms with Crippen molar-refractivity contribution < 1.29 is 57.5 Å². The summed E-state index contributed by atoms with van der Waals surface area (Å²) in [7, 11) is 0. The standard InChI is InChI=1S/C20H29NO12/c1-10(22)28-9-15-16(29-11(2)23)17(30-12(3)24)18(31-13(4)25)19(32-15)33-20(27)21-7-5-14(26)6-8-21/h14-19,26H,5-9H2,1-4H3/t15-,16+,17+,18-,19+/m1/s1. The van der Waals surface area contributed by atoms with Crippen molar-refractivity contribution in [2.45, 2.75) is 77.3 Å². The summed E-state index contributed by atoms with van der Waals surface area (Å²) in [5, 5.41) is 9.64. The molecular weight excluding hydrogens is 446 g/mol. The summed E-state index contributed by atoms with van der Waals surface area (Å²) in [5.41, 5.74) is 0. The first-order chi connectivity index (χ1) is 15.5. The Bertz CT molecular complexity index is 747. The average molecular weight is 475 g/mol. The largest absolute Gasteiger partial charge is 0.463 e. The molecule has 5 atom stereocenters. The summed E-state index contributed by atoms with van der Waals surface area (Å²) >= 11 is 0. The number of likely N-dealkylation sites (tertiary alicyclic amines) is 1. The third-order valence-corrected chi connectivity index (χ3v) is 4.89. The summed E-state index contributed by atoms with van der Waals surface area (Å²) in [6, 6.07) is 0. The summed E-state index contributed by atoms with van der Waals surface area (Å²) in [6.45, 7) is 4.45. The van der Waals surface area contributed by atoms with Gasteiger partial charge in [0.1, 0.15) is 12.7 Å². The van der Waals surface area contributed by atoms with Gasteiger partial charge in [0.05, 0.1) is 6.10 Å². The number of carbonyl (C=O) groups is 5. The molecular formula is C20H29NO12. The number of rotatable bonds is 6. The predicted molar refractivity (Wildman–Crippen MR) is 105 cm³/mol. The van der Waals surface area contributed by atoms with Crippen molar-refractivity contribution >= 4 is 30.0 Å². The average Bonchev–Trinajstić information content (AvgIpc) is 2.70. The van der Waals surface area contributed by atoms with Crippen LogP contribution in [0.5, 0.6) is 0 Å². The minimum absolute atomic E-state index is 0.227. The Morgan fingerprint density at radius 2 is 1.30 bits per heavy atom. The van der Waals surface area contributed by atoms with E-state index in [1.54, 1.807) is 0 Å². The number of ether oxygens (including phenoxy) is 6. The van der Waals surface area contributed by atoms with Gasteiger partial charge in [0, 0.05) is 40.8 Å². The molecule has 2 aliphatic heterocycles. The molecule has 1 N–H and O–H groups in total. The number of carbonyl (C=O) groups excluding carboxylic acids is 5. The van der Waals surface area contributed by atoms with E-state index in [0.29, 0.717) is 12.8 Å². The molecule has 2 heterocycles. The molecule has 0 aromatic heterocycles. The van der Waals surface area contributed by atoms with Crippen LogP contribution in [0.25, 0.3) is 0 Å². The highest BCUT2D eigenvalue weighted by atomic mass is 16.8. The van der Waals surface area contributed by atoms with Crippen LogP contribution < -0.4 is 0 Å². The summed E-state index contributed by atoms with van der Waals surface area (Å²) in [6.07, 6.45) is -7.67. The number of nitrogens with zero attached hydrogens (tertiary/aromatic N) is 1. The monoisotopic (exact) mass is 475 g/mol. The molecule has 1 amide bonds. The van der Waals surface area contributed by atoms with Crippen molar-refractivity contribution in [1.29, 1.82) is 0 Å². The first-order valence-corrected chi connectivity index (χ1v) is 10.4. The summed E-state index contributed by atoms with van der Waals surface area (Å²) < 4.78 is 31.8. The van der Waals surface area contributed by atoms with Crippen LogP contribution in [-0.4, -0.2) is 96.5 Å². The Kier molecular flexibility index (Phi) is 9.41. The van der Waals surface area contributed by atoms with Crippen LogP contribution in [-0.2, 0) is 47.6 Å². The molecule has 0 aliphatic carbocycles. The van der Waals surface area contributed by atoms with Crippen molar-refractivity contribution in [3.05, 3.63) is 0 Å². The number of aliphatic hydroxyl groups excluding tert-OH is 1. The molecule has 0 aromatic carbocycles. The molecule has 186 valence electrons. The number of amides is 1. The van der Waals surface area contributed by atoms with E-state index < -0.39 is 73.4 Å². The van der Waals surface area contributed by atoms with E-state index in [4.69, 9.17) is 28.4 Å². The van der Waals surface area contributed by atoms with E-state index in [0.717, 1.165) is 27.7 Å². The molecule has 0 aromatic rings. The Balaban J connectivity index is 2.34. The van der Waals surface area contributed by atoms with Gasteiger partial charge in [0.2, 0.25) is 12.4 Å². The molecule has 13 nitrogen and oxygen atoms in total. The van der Waals surface area contributed by atoms with Crippen LogP contribution in [0.1, 0.15) is 40.5 Å². The second kappa shape index (κ2) is 11.8. The number of esters is 4. The van der Waals surface area contributed by atoms with Crippen molar-refractivity contribution in [3.63, 3.8) is 0 Å². The van der Waals surface area contributed by atoms with Crippen LogP contribution in [0.4, 0.5) is 4.79 Å². The van der Waals surface area contributed by atoms with Gasteiger partial charge in [-0.3, -0.25) is 19.2 Å². The lowest BCUT2D eigenvalue weighted by Crippen LogP contribution is -2.63. The van der Waals surface area contributed by atoms with Crippen LogP contribution in [0.2, 0.25) is 0 Å². The Morgan fingerprint density at radius 3 is 1.82 bits per heavy atom. The lowest BCUT2D eigenvalue weighted by atomic mass is 9.98. The second-order valence-electron chi connectivity index (χ2n) is 7.67. The lowest BCUT2D eigenvalue weighted by Gasteiger charge is -2.44. The maximum absolute atomic E-state index is 12.7. The van der Waals surface area contributed by atoms with Gasteiger partial charge in [-0.15, -0.1) is 0 Å². The van der Waals surface area contributed by atoms with Crippen molar-refractivity contribution in [3.8, 4) is 0 Å². The smallest absolute Gasteiger partial charge is 0.412 e. The first-order valence-electron chi connectivity index (χ1n) is 10.4. The van der Waals surface area contributed by atoms with Crippen LogP contribution in [0, 0.1) is 0 Å². The van der Waals surface area contributed by atoms with Gasteiger partial charge in [0.25, 0.3) is 0 Å². The maximum atomic E-state index is 12.7. The molecule has 2 saturated heterocycles. The topological polar surface area (TPSA) is 164 Å². The quantitative estimate of drug-likeness (QED) is 0.393. The molecule has 13 heteroatoms. The molecule has 2 aliphatic rings.